The molecule has 2 unspecified atom stereocenters. The van der Waals surface area contributed by atoms with Crippen LogP contribution in [0.5, 0.6) is 0 Å². The molecule has 26 heavy (non-hydrogen) atoms. The standard InChI is InChI=1S/C19H24N6O/c1-12(2)18-21-17(26-22-18)11-25-13-8-14(25)10-24(9-13)19-20-15-6-4-5-7-16(15)23(19)3/h4-7,12-14H,8-11H2,1-3H3. The molecule has 2 aromatic heterocycles. The predicted molar refractivity (Wildman–Crippen MR) is 99.1 cm³/mol. The second-order valence-electron chi connectivity index (χ2n) is 7.78. The fourth-order valence-electron chi connectivity index (χ4n) is 4.25. The average Bonchev–Trinajstić information content (AvgIpc) is 3.25. The van der Waals surface area contributed by atoms with Gasteiger partial charge in [-0.1, -0.05) is 31.1 Å². The second kappa shape index (κ2) is 5.81. The minimum Gasteiger partial charge on any atom is -0.339 e. The van der Waals surface area contributed by atoms with Gasteiger partial charge in [0, 0.05) is 38.1 Å². The third kappa shape index (κ3) is 2.41. The number of anilines is 1. The summed E-state index contributed by atoms with van der Waals surface area (Å²) in [6.45, 7) is 6.92. The number of benzene rings is 1. The molecule has 2 bridgehead atoms. The van der Waals surface area contributed by atoms with Crippen molar-refractivity contribution in [1.29, 1.82) is 0 Å². The molecule has 136 valence electrons. The van der Waals surface area contributed by atoms with E-state index >= 15 is 0 Å². The van der Waals surface area contributed by atoms with Gasteiger partial charge in [0.15, 0.2) is 5.82 Å². The molecule has 0 saturated carbocycles. The summed E-state index contributed by atoms with van der Waals surface area (Å²) in [5.74, 6) is 2.91. The molecule has 2 atom stereocenters. The predicted octanol–water partition coefficient (Wildman–Crippen LogP) is 2.54. The van der Waals surface area contributed by atoms with E-state index in [1.807, 2.05) is 6.07 Å². The van der Waals surface area contributed by atoms with E-state index in [-0.39, 0.29) is 0 Å². The molecular formula is C19H24N6O. The van der Waals surface area contributed by atoms with Gasteiger partial charge >= 0.3 is 0 Å². The summed E-state index contributed by atoms with van der Waals surface area (Å²) in [6, 6.07) is 9.39. The first-order chi connectivity index (χ1) is 12.6. The van der Waals surface area contributed by atoms with E-state index in [2.05, 4.69) is 63.6 Å². The average molecular weight is 352 g/mol. The lowest BCUT2D eigenvalue weighted by Crippen LogP contribution is -2.68. The third-order valence-corrected chi connectivity index (χ3v) is 5.71. The third-order valence-electron chi connectivity index (χ3n) is 5.71. The number of piperazine rings is 1. The normalized spacial score (nSPS) is 23.0. The first kappa shape index (κ1) is 15.8. The first-order valence-corrected chi connectivity index (χ1v) is 9.35. The largest absolute Gasteiger partial charge is 0.339 e. The Bertz CT molecular complexity index is 933. The summed E-state index contributed by atoms with van der Waals surface area (Å²) in [5.41, 5.74) is 2.25. The number of aryl methyl sites for hydroxylation is 1. The Morgan fingerprint density at radius 3 is 2.62 bits per heavy atom. The van der Waals surface area contributed by atoms with Gasteiger partial charge in [-0.05, 0) is 18.6 Å². The van der Waals surface area contributed by atoms with Crippen molar-refractivity contribution in [1.82, 2.24) is 24.6 Å². The highest BCUT2D eigenvalue weighted by molar-refractivity contribution is 5.78. The fraction of sp³-hybridized carbons (Fsp3) is 0.526. The molecule has 3 saturated heterocycles. The highest BCUT2D eigenvalue weighted by Crippen LogP contribution is 2.36. The van der Waals surface area contributed by atoms with Gasteiger partial charge in [0.25, 0.3) is 0 Å². The summed E-state index contributed by atoms with van der Waals surface area (Å²) in [6.07, 6.45) is 1.24. The SMILES string of the molecule is CC(C)c1noc(CN2C3CC2CN(c2nc4ccccc4n2C)C3)n1. The van der Waals surface area contributed by atoms with E-state index in [0.717, 1.165) is 42.8 Å². The molecule has 0 aliphatic carbocycles. The molecule has 5 heterocycles. The Balaban J connectivity index is 1.31. The van der Waals surface area contributed by atoms with E-state index in [9.17, 15) is 0 Å². The van der Waals surface area contributed by atoms with Crippen LogP contribution in [-0.4, -0.2) is 49.8 Å². The highest BCUT2D eigenvalue weighted by atomic mass is 16.5. The van der Waals surface area contributed by atoms with Gasteiger partial charge in [0.1, 0.15) is 0 Å². The topological polar surface area (TPSA) is 63.2 Å². The zero-order valence-corrected chi connectivity index (χ0v) is 15.5. The molecule has 3 aliphatic rings. The maximum atomic E-state index is 5.44. The van der Waals surface area contributed by atoms with Gasteiger partial charge in [-0.3, -0.25) is 4.90 Å². The maximum absolute atomic E-state index is 5.44. The molecule has 0 amide bonds. The van der Waals surface area contributed by atoms with E-state index < -0.39 is 0 Å². The van der Waals surface area contributed by atoms with Crippen LogP contribution >= 0.6 is 0 Å². The minimum atomic E-state index is 0.302. The Kier molecular flexibility index (Phi) is 3.53. The summed E-state index contributed by atoms with van der Waals surface area (Å²) in [4.78, 5) is 14.3. The molecule has 7 nitrogen and oxygen atoms in total. The van der Waals surface area contributed by atoms with Gasteiger partial charge in [-0.2, -0.15) is 4.98 Å². The summed E-state index contributed by atoms with van der Waals surface area (Å²) < 4.78 is 7.64. The first-order valence-electron chi connectivity index (χ1n) is 9.35. The molecule has 7 heteroatoms. The molecule has 1 aromatic carbocycles. The number of fused-ring (bicyclic) bond motifs is 3. The van der Waals surface area contributed by atoms with Crippen LogP contribution in [0, 0.1) is 0 Å². The van der Waals surface area contributed by atoms with Gasteiger partial charge in [0.2, 0.25) is 11.8 Å². The van der Waals surface area contributed by atoms with Crippen LogP contribution in [0.4, 0.5) is 5.95 Å². The van der Waals surface area contributed by atoms with E-state index in [4.69, 9.17) is 9.51 Å². The Hall–Kier alpha value is -2.41. The number of hydrogen-bond acceptors (Lipinski definition) is 6. The summed E-state index contributed by atoms with van der Waals surface area (Å²) in [7, 11) is 2.11. The number of para-hydroxylation sites is 2. The van der Waals surface area contributed by atoms with Gasteiger partial charge in [-0.15, -0.1) is 0 Å². The Morgan fingerprint density at radius 1 is 1.15 bits per heavy atom. The second-order valence-corrected chi connectivity index (χ2v) is 7.78. The van der Waals surface area contributed by atoms with Gasteiger partial charge in [-0.25, -0.2) is 4.98 Å². The van der Waals surface area contributed by atoms with Crippen molar-refractivity contribution >= 4 is 17.0 Å². The van der Waals surface area contributed by atoms with Crippen LogP contribution in [0.2, 0.25) is 0 Å². The van der Waals surface area contributed by atoms with E-state index in [1.54, 1.807) is 0 Å². The van der Waals surface area contributed by atoms with Crippen molar-refractivity contribution in [2.24, 2.45) is 7.05 Å². The van der Waals surface area contributed by atoms with Crippen molar-refractivity contribution in [2.45, 2.75) is 44.8 Å². The molecular weight excluding hydrogens is 328 g/mol. The monoisotopic (exact) mass is 352 g/mol. The van der Waals surface area contributed by atoms with Crippen LogP contribution in [0.15, 0.2) is 28.8 Å². The zero-order valence-electron chi connectivity index (χ0n) is 15.5. The van der Waals surface area contributed by atoms with Crippen molar-refractivity contribution in [3.63, 3.8) is 0 Å². The lowest BCUT2D eigenvalue weighted by molar-refractivity contribution is -0.0165. The Labute approximate surface area is 152 Å². The molecule has 0 N–H and O–H groups in total. The lowest BCUT2D eigenvalue weighted by atomic mass is 9.87. The molecule has 0 radical (unpaired) electrons. The van der Waals surface area contributed by atoms with Crippen LogP contribution in [0.25, 0.3) is 11.0 Å². The molecule has 3 aromatic rings. The quantitative estimate of drug-likeness (QED) is 0.719. The van der Waals surface area contributed by atoms with E-state index in [0.29, 0.717) is 18.0 Å². The summed E-state index contributed by atoms with van der Waals surface area (Å²) in [5, 5.41) is 4.08. The lowest BCUT2D eigenvalue weighted by Gasteiger charge is -2.56. The zero-order chi connectivity index (χ0) is 17.8. The molecule has 3 aliphatic heterocycles. The van der Waals surface area contributed by atoms with Crippen LogP contribution in [0.1, 0.15) is 37.9 Å². The number of imidazole rings is 1. The number of aromatic nitrogens is 4. The Morgan fingerprint density at radius 2 is 1.92 bits per heavy atom. The fourth-order valence-corrected chi connectivity index (χ4v) is 4.25. The summed E-state index contributed by atoms with van der Waals surface area (Å²) >= 11 is 0. The molecule has 6 rings (SSSR count). The maximum Gasteiger partial charge on any atom is 0.240 e. The van der Waals surface area contributed by atoms with Crippen molar-refractivity contribution in [3.8, 4) is 0 Å². The van der Waals surface area contributed by atoms with Crippen LogP contribution in [-0.2, 0) is 13.6 Å². The van der Waals surface area contributed by atoms with Crippen LogP contribution < -0.4 is 4.90 Å². The molecule has 3 fully saturated rings. The minimum absolute atomic E-state index is 0.302. The smallest absolute Gasteiger partial charge is 0.240 e. The van der Waals surface area contributed by atoms with Crippen molar-refractivity contribution in [2.75, 3.05) is 18.0 Å². The van der Waals surface area contributed by atoms with E-state index in [1.165, 1.54) is 11.9 Å². The van der Waals surface area contributed by atoms with Crippen molar-refractivity contribution in [3.05, 3.63) is 36.0 Å². The number of rotatable bonds is 4. The van der Waals surface area contributed by atoms with Crippen molar-refractivity contribution < 1.29 is 4.52 Å². The highest BCUT2D eigenvalue weighted by Gasteiger charge is 2.46. The van der Waals surface area contributed by atoms with Gasteiger partial charge < -0.3 is 14.0 Å². The molecule has 0 spiro atoms. The van der Waals surface area contributed by atoms with Crippen LogP contribution in [0.3, 0.4) is 0 Å². The van der Waals surface area contributed by atoms with Gasteiger partial charge in [0.05, 0.1) is 17.6 Å². The number of nitrogens with zero attached hydrogens (tertiary/aromatic N) is 6. The number of piperidine rings is 1. The number of hydrogen-bond donors (Lipinski definition) is 0.